The Morgan fingerprint density at radius 2 is 1.96 bits per heavy atom. The number of hydrogen-bond acceptors (Lipinski definition) is 6. The molecule has 1 saturated heterocycles. The minimum atomic E-state index is 0.111. The zero-order valence-electron chi connectivity index (χ0n) is 16.4. The van der Waals surface area contributed by atoms with Crippen molar-refractivity contribution in [2.24, 2.45) is 0 Å². The molecule has 2 aromatic rings. The number of nitrogens with one attached hydrogen (secondary N) is 2. The highest BCUT2D eigenvalue weighted by atomic mass is 16.5. The molecule has 2 heterocycles. The number of amides is 1. The first-order valence-corrected chi connectivity index (χ1v) is 9.28. The summed E-state index contributed by atoms with van der Waals surface area (Å²) in [5, 5.41) is 6.73. The van der Waals surface area contributed by atoms with Crippen molar-refractivity contribution in [3.63, 3.8) is 0 Å². The molecule has 1 aliphatic heterocycles. The smallest absolute Gasteiger partial charge is 0.219 e. The first-order valence-electron chi connectivity index (χ1n) is 9.28. The third-order valence-corrected chi connectivity index (χ3v) is 4.53. The number of hydrogen-bond donors (Lipinski definition) is 2. The molecule has 0 spiro atoms. The zero-order chi connectivity index (χ0) is 19.4. The third kappa shape index (κ3) is 4.87. The van der Waals surface area contributed by atoms with Gasteiger partial charge in [0.15, 0.2) is 0 Å². The first-order chi connectivity index (χ1) is 12.9. The Morgan fingerprint density at radius 3 is 2.63 bits per heavy atom. The van der Waals surface area contributed by atoms with Gasteiger partial charge in [0.05, 0.1) is 12.6 Å². The summed E-state index contributed by atoms with van der Waals surface area (Å²) in [5.41, 5.74) is 2.29. The van der Waals surface area contributed by atoms with E-state index in [4.69, 9.17) is 4.74 Å². The Hall–Kier alpha value is -2.83. The minimum absolute atomic E-state index is 0.111. The first kappa shape index (κ1) is 18.9. The highest BCUT2D eigenvalue weighted by molar-refractivity contribution is 5.74. The van der Waals surface area contributed by atoms with Crippen LogP contribution in [-0.4, -0.2) is 46.5 Å². The van der Waals surface area contributed by atoms with E-state index in [0.29, 0.717) is 32.1 Å². The monoisotopic (exact) mass is 369 g/mol. The average molecular weight is 369 g/mol. The molecule has 27 heavy (non-hydrogen) atoms. The van der Waals surface area contributed by atoms with Crippen LogP contribution in [0.4, 0.5) is 11.6 Å². The van der Waals surface area contributed by atoms with Crippen molar-refractivity contribution >= 4 is 17.5 Å². The lowest BCUT2D eigenvalue weighted by atomic mass is 10.1. The van der Waals surface area contributed by atoms with Gasteiger partial charge in [0, 0.05) is 32.6 Å². The van der Waals surface area contributed by atoms with Crippen molar-refractivity contribution in [2.45, 2.75) is 40.3 Å². The fraction of sp³-hybridized carbons (Fsp3) is 0.450. The lowest BCUT2D eigenvalue weighted by molar-refractivity contribution is -0.132. The number of ether oxygens (including phenoxy) is 1. The Kier molecular flexibility index (Phi) is 5.78. The number of benzene rings is 1. The Bertz CT molecular complexity index is 818. The fourth-order valence-corrected chi connectivity index (χ4v) is 3.10. The van der Waals surface area contributed by atoms with Crippen LogP contribution in [0.3, 0.4) is 0 Å². The predicted molar refractivity (Wildman–Crippen MR) is 106 cm³/mol. The second-order valence-corrected chi connectivity index (χ2v) is 6.84. The van der Waals surface area contributed by atoms with Crippen LogP contribution in [-0.2, 0) is 11.3 Å². The molecule has 0 saturated carbocycles. The molecule has 0 unspecified atom stereocenters. The molecular formula is C20H27N5O2. The van der Waals surface area contributed by atoms with Gasteiger partial charge in [-0.3, -0.25) is 4.79 Å². The quantitative estimate of drug-likeness (QED) is 0.781. The molecule has 1 aliphatic rings. The van der Waals surface area contributed by atoms with Crippen LogP contribution in [0.25, 0.3) is 0 Å². The summed E-state index contributed by atoms with van der Waals surface area (Å²) < 4.78 is 5.59. The van der Waals surface area contributed by atoms with Gasteiger partial charge in [-0.05, 0) is 38.0 Å². The van der Waals surface area contributed by atoms with Crippen LogP contribution in [0.1, 0.15) is 30.8 Å². The third-order valence-electron chi connectivity index (χ3n) is 4.53. The normalized spacial score (nSPS) is 13.9. The zero-order valence-corrected chi connectivity index (χ0v) is 16.4. The van der Waals surface area contributed by atoms with Crippen molar-refractivity contribution in [1.82, 2.24) is 14.9 Å². The molecule has 0 bridgehead atoms. The lowest BCUT2D eigenvalue weighted by Crippen LogP contribution is -2.56. The summed E-state index contributed by atoms with van der Waals surface area (Å²) in [5.74, 6) is 3.29. The number of anilines is 2. The Morgan fingerprint density at radius 1 is 1.22 bits per heavy atom. The summed E-state index contributed by atoms with van der Waals surface area (Å²) in [7, 11) is 0. The van der Waals surface area contributed by atoms with Crippen LogP contribution >= 0.6 is 0 Å². The van der Waals surface area contributed by atoms with Gasteiger partial charge in [-0.2, -0.15) is 0 Å². The van der Waals surface area contributed by atoms with Crippen molar-refractivity contribution in [2.75, 3.05) is 30.3 Å². The van der Waals surface area contributed by atoms with Crippen molar-refractivity contribution < 1.29 is 9.53 Å². The topological polar surface area (TPSA) is 79.4 Å². The summed E-state index contributed by atoms with van der Waals surface area (Å²) in [6, 6.07) is 8.33. The highest BCUT2D eigenvalue weighted by Gasteiger charge is 2.28. The van der Waals surface area contributed by atoms with Crippen LogP contribution in [0.2, 0.25) is 0 Å². The number of likely N-dealkylation sites (tertiary alicyclic amines) is 1. The van der Waals surface area contributed by atoms with Crippen LogP contribution < -0.4 is 15.4 Å². The molecule has 1 aromatic carbocycles. The lowest BCUT2D eigenvalue weighted by Gasteiger charge is -2.39. The van der Waals surface area contributed by atoms with Gasteiger partial charge in [0.1, 0.15) is 23.2 Å². The molecule has 0 radical (unpaired) electrons. The minimum Gasteiger partial charge on any atom is -0.494 e. The molecule has 3 rings (SSSR count). The van der Waals surface area contributed by atoms with Crippen LogP contribution in [0.5, 0.6) is 5.75 Å². The number of carbonyl (C=O) groups is 1. The Balaban J connectivity index is 1.60. The second kappa shape index (κ2) is 8.24. The van der Waals surface area contributed by atoms with E-state index >= 15 is 0 Å². The van der Waals surface area contributed by atoms with E-state index in [9.17, 15) is 4.79 Å². The fourth-order valence-electron chi connectivity index (χ4n) is 3.10. The van der Waals surface area contributed by atoms with Gasteiger partial charge in [-0.1, -0.05) is 12.1 Å². The predicted octanol–water partition coefficient (Wildman–Crippen LogP) is 2.75. The van der Waals surface area contributed by atoms with Crippen LogP contribution in [0, 0.1) is 13.8 Å². The number of rotatable bonds is 7. The van der Waals surface area contributed by atoms with Crippen molar-refractivity contribution in [3.05, 3.63) is 41.2 Å². The van der Waals surface area contributed by atoms with Gasteiger partial charge < -0.3 is 20.3 Å². The van der Waals surface area contributed by atoms with Crippen molar-refractivity contribution in [1.29, 1.82) is 0 Å². The maximum absolute atomic E-state index is 11.3. The summed E-state index contributed by atoms with van der Waals surface area (Å²) in [4.78, 5) is 22.0. The summed E-state index contributed by atoms with van der Waals surface area (Å²) >= 11 is 0. The highest BCUT2D eigenvalue weighted by Crippen LogP contribution is 2.21. The van der Waals surface area contributed by atoms with E-state index in [2.05, 4.69) is 32.7 Å². The van der Waals surface area contributed by atoms with E-state index in [0.717, 1.165) is 28.5 Å². The van der Waals surface area contributed by atoms with E-state index in [-0.39, 0.29) is 11.9 Å². The van der Waals surface area contributed by atoms with Gasteiger partial charge in [0.2, 0.25) is 5.91 Å². The number of nitrogens with zero attached hydrogens (tertiary/aromatic N) is 3. The van der Waals surface area contributed by atoms with E-state index in [1.165, 1.54) is 0 Å². The molecule has 1 amide bonds. The molecule has 0 aliphatic carbocycles. The average Bonchev–Trinajstić information content (AvgIpc) is 2.57. The molecular weight excluding hydrogens is 342 g/mol. The van der Waals surface area contributed by atoms with E-state index < -0.39 is 0 Å². The largest absolute Gasteiger partial charge is 0.494 e. The van der Waals surface area contributed by atoms with Gasteiger partial charge in [0.25, 0.3) is 0 Å². The molecule has 0 atom stereocenters. The standard InChI is InChI=1S/C20H27N5O2/c1-5-27-18-7-6-16(8-13(18)2)10-21-19-9-20(23-14(3)22-19)24-17-11-25(12-17)15(4)26/h6-9,17H,5,10-12H2,1-4H3,(H2,21,22,23,24). The number of aromatic nitrogens is 2. The second-order valence-electron chi connectivity index (χ2n) is 6.84. The molecule has 7 nitrogen and oxygen atoms in total. The molecule has 1 aromatic heterocycles. The summed E-state index contributed by atoms with van der Waals surface area (Å²) in [6.07, 6.45) is 0. The molecule has 144 valence electrons. The van der Waals surface area contributed by atoms with Crippen LogP contribution in [0.15, 0.2) is 24.3 Å². The SMILES string of the molecule is CCOc1ccc(CNc2cc(NC3CN(C(C)=O)C3)nc(C)n2)cc1C. The van der Waals surface area contributed by atoms with Gasteiger partial charge >= 0.3 is 0 Å². The number of carbonyl (C=O) groups excluding carboxylic acids is 1. The molecule has 1 fully saturated rings. The van der Waals surface area contributed by atoms with E-state index in [1.807, 2.05) is 32.9 Å². The maximum atomic E-state index is 11.3. The maximum Gasteiger partial charge on any atom is 0.219 e. The Labute approximate surface area is 160 Å². The van der Waals surface area contributed by atoms with E-state index in [1.54, 1.807) is 11.8 Å². The van der Waals surface area contributed by atoms with Gasteiger partial charge in [-0.15, -0.1) is 0 Å². The molecule has 2 N–H and O–H groups in total. The van der Waals surface area contributed by atoms with Gasteiger partial charge in [-0.25, -0.2) is 9.97 Å². The van der Waals surface area contributed by atoms with Crippen molar-refractivity contribution in [3.8, 4) is 5.75 Å². The summed E-state index contributed by atoms with van der Waals surface area (Å²) in [6.45, 7) is 10.3. The molecule has 7 heteroatoms. The number of aryl methyl sites for hydroxylation is 2.